The molecule has 2 N–H and O–H groups in total. The minimum atomic E-state index is 0.388. The lowest BCUT2D eigenvalue weighted by atomic mass is 9.69. The Morgan fingerprint density at radius 2 is 1.79 bits per heavy atom. The van der Waals surface area contributed by atoms with Crippen LogP contribution in [0.1, 0.15) is 71.6 Å². The van der Waals surface area contributed by atoms with E-state index in [1.807, 2.05) is 0 Å². The number of nitrogens with two attached hydrogens (primary N) is 1. The lowest BCUT2D eigenvalue weighted by Gasteiger charge is -2.41. The van der Waals surface area contributed by atoms with Crippen LogP contribution in [0.2, 0.25) is 0 Å². The molecule has 2 aliphatic carbocycles. The SMILES string of the molecule is CCCCOC1CCC(C2CCC(C)CC2)C(N)C1. The van der Waals surface area contributed by atoms with Crippen LogP contribution in [0.25, 0.3) is 0 Å². The van der Waals surface area contributed by atoms with Crippen LogP contribution in [0.15, 0.2) is 0 Å². The van der Waals surface area contributed by atoms with Crippen molar-refractivity contribution in [1.29, 1.82) is 0 Å². The van der Waals surface area contributed by atoms with Gasteiger partial charge in [0.25, 0.3) is 0 Å². The summed E-state index contributed by atoms with van der Waals surface area (Å²) in [6, 6.07) is 0.388. The topological polar surface area (TPSA) is 35.2 Å². The molecule has 0 aromatic carbocycles. The van der Waals surface area contributed by atoms with Gasteiger partial charge in [-0.2, -0.15) is 0 Å². The largest absolute Gasteiger partial charge is 0.378 e. The highest BCUT2D eigenvalue weighted by molar-refractivity contribution is 4.89. The van der Waals surface area contributed by atoms with Crippen LogP contribution in [0.4, 0.5) is 0 Å². The van der Waals surface area contributed by atoms with Gasteiger partial charge < -0.3 is 10.5 Å². The summed E-state index contributed by atoms with van der Waals surface area (Å²) in [4.78, 5) is 0. The number of unbranched alkanes of at least 4 members (excludes halogenated alkanes) is 1. The predicted molar refractivity (Wildman–Crippen MR) is 81.1 cm³/mol. The molecule has 0 spiro atoms. The molecule has 0 amide bonds. The second kappa shape index (κ2) is 7.64. The van der Waals surface area contributed by atoms with E-state index in [9.17, 15) is 0 Å². The molecule has 0 aliphatic heterocycles. The van der Waals surface area contributed by atoms with E-state index in [2.05, 4.69) is 13.8 Å². The Bertz CT molecular complexity index is 248. The average molecular weight is 267 g/mol. The molecule has 112 valence electrons. The first-order valence-electron chi connectivity index (χ1n) is 8.57. The Labute approximate surface area is 119 Å². The Morgan fingerprint density at radius 3 is 2.42 bits per heavy atom. The van der Waals surface area contributed by atoms with E-state index in [1.54, 1.807) is 0 Å². The highest BCUT2D eigenvalue weighted by atomic mass is 16.5. The van der Waals surface area contributed by atoms with Crippen LogP contribution in [0.5, 0.6) is 0 Å². The van der Waals surface area contributed by atoms with Gasteiger partial charge in [0.1, 0.15) is 0 Å². The molecule has 0 aromatic heterocycles. The maximum atomic E-state index is 6.46. The van der Waals surface area contributed by atoms with E-state index >= 15 is 0 Å². The van der Waals surface area contributed by atoms with Gasteiger partial charge in [-0.25, -0.2) is 0 Å². The van der Waals surface area contributed by atoms with E-state index in [1.165, 1.54) is 51.4 Å². The molecule has 2 nitrogen and oxygen atoms in total. The molecule has 3 atom stereocenters. The first kappa shape index (κ1) is 15.3. The predicted octanol–water partition coefficient (Wildman–Crippen LogP) is 4.13. The van der Waals surface area contributed by atoms with Gasteiger partial charge in [0.05, 0.1) is 6.10 Å². The third-order valence-corrected chi connectivity index (χ3v) is 5.42. The number of rotatable bonds is 5. The number of hydrogen-bond donors (Lipinski definition) is 1. The molecule has 2 rings (SSSR count). The molecule has 2 aliphatic rings. The minimum Gasteiger partial charge on any atom is -0.378 e. The van der Waals surface area contributed by atoms with Crippen LogP contribution in [0.3, 0.4) is 0 Å². The van der Waals surface area contributed by atoms with Crippen molar-refractivity contribution in [2.45, 2.75) is 83.8 Å². The molecule has 0 heterocycles. The van der Waals surface area contributed by atoms with E-state index in [4.69, 9.17) is 10.5 Å². The van der Waals surface area contributed by atoms with Gasteiger partial charge in [0.15, 0.2) is 0 Å². The maximum absolute atomic E-state index is 6.46. The van der Waals surface area contributed by atoms with E-state index in [-0.39, 0.29) is 0 Å². The van der Waals surface area contributed by atoms with Crippen molar-refractivity contribution < 1.29 is 4.74 Å². The van der Waals surface area contributed by atoms with Crippen molar-refractivity contribution in [3.63, 3.8) is 0 Å². The van der Waals surface area contributed by atoms with Crippen LogP contribution >= 0.6 is 0 Å². The summed E-state index contributed by atoms with van der Waals surface area (Å²) in [5.74, 6) is 2.63. The van der Waals surface area contributed by atoms with Crippen LogP contribution in [-0.4, -0.2) is 18.8 Å². The summed E-state index contributed by atoms with van der Waals surface area (Å²) in [5.41, 5.74) is 6.46. The summed E-state index contributed by atoms with van der Waals surface area (Å²) in [6.07, 6.45) is 12.2. The van der Waals surface area contributed by atoms with Gasteiger partial charge in [0.2, 0.25) is 0 Å². The second-order valence-corrected chi connectivity index (χ2v) is 7.01. The van der Waals surface area contributed by atoms with Crippen molar-refractivity contribution >= 4 is 0 Å². The molecule has 0 bridgehead atoms. The number of ether oxygens (including phenoxy) is 1. The van der Waals surface area contributed by atoms with Gasteiger partial charge in [-0.15, -0.1) is 0 Å². The second-order valence-electron chi connectivity index (χ2n) is 7.01. The summed E-state index contributed by atoms with van der Waals surface area (Å²) >= 11 is 0. The third-order valence-electron chi connectivity index (χ3n) is 5.42. The molecule has 2 fully saturated rings. The molecular formula is C17H33NO. The third kappa shape index (κ3) is 4.46. The molecule has 0 saturated heterocycles. The molecule has 19 heavy (non-hydrogen) atoms. The Morgan fingerprint density at radius 1 is 1.05 bits per heavy atom. The lowest BCUT2D eigenvalue weighted by molar-refractivity contribution is -0.00211. The smallest absolute Gasteiger partial charge is 0.0590 e. The Kier molecular flexibility index (Phi) is 6.15. The molecule has 0 radical (unpaired) electrons. The van der Waals surface area contributed by atoms with Gasteiger partial charge in [-0.1, -0.05) is 33.1 Å². The monoisotopic (exact) mass is 267 g/mol. The fourth-order valence-electron chi connectivity index (χ4n) is 4.03. The summed E-state index contributed by atoms with van der Waals surface area (Å²) in [7, 11) is 0. The van der Waals surface area contributed by atoms with Crippen LogP contribution in [0, 0.1) is 17.8 Å². The summed E-state index contributed by atoms with van der Waals surface area (Å²) < 4.78 is 5.97. The minimum absolute atomic E-state index is 0.388. The highest BCUT2D eigenvalue weighted by Gasteiger charge is 2.35. The molecule has 2 heteroatoms. The van der Waals surface area contributed by atoms with Gasteiger partial charge in [0, 0.05) is 12.6 Å². The Hall–Kier alpha value is -0.0800. The fourth-order valence-corrected chi connectivity index (χ4v) is 4.03. The zero-order valence-corrected chi connectivity index (χ0v) is 12.9. The average Bonchev–Trinajstić information content (AvgIpc) is 2.41. The van der Waals surface area contributed by atoms with E-state index < -0.39 is 0 Å². The van der Waals surface area contributed by atoms with Crippen molar-refractivity contribution in [1.82, 2.24) is 0 Å². The normalized spacial score (nSPS) is 40.3. The zero-order chi connectivity index (χ0) is 13.7. The van der Waals surface area contributed by atoms with Crippen LogP contribution < -0.4 is 5.73 Å². The van der Waals surface area contributed by atoms with Gasteiger partial charge >= 0.3 is 0 Å². The molecule has 0 aromatic rings. The van der Waals surface area contributed by atoms with Gasteiger partial charge in [-0.3, -0.25) is 0 Å². The van der Waals surface area contributed by atoms with Crippen LogP contribution in [-0.2, 0) is 4.74 Å². The number of hydrogen-bond acceptors (Lipinski definition) is 2. The summed E-state index contributed by atoms with van der Waals surface area (Å²) in [5, 5.41) is 0. The highest BCUT2D eigenvalue weighted by Crippen LogP contribution is 2.39. The standard InChI is InChI=1S/C17H33NO/c1-3-4-11-19-15-9-10-16(17(18)12-15)14-7-5-13(2)6-8-14/h13-17H,3-12,18H2,1-2H3. The van der Waals surface area contributed by atoms with Crippen molar-refractivity contribution in [2.24, 2.45) is 23.5 Å². The summed E-state index contributed by atoms with van der Waals surface area (Å²) in [6.45, 7) is 5.55. The van der Waals surface area contributed by atoms with Gasteiger partial charge in [-0.05, 0) is 56.3 Å². The quantitative estimate of drug-likeness (QED) is 0.760. The fraction of sp³-hybridized carbons (Fsp3) is 1.00. The molecular weight excluding hydrogens is 234 g/mol. The maximum Gasteiger partial charge on any atom is 0.0590 e. The lowest BCUT2D eigenvalue weighted by Crippen LogP contribution is -2.43. The van der Waals surface area contributed by atoms with Crippen molar-refractivity contribution in [2.75, 3.05) is 6.61 Å². The van der Waals surface area contributed by atoms with E-state index in [0.29, 0.717) is 12.1 Å². The van der Waals surface area contributed by atoms with E-state index in [0.717, 1.165) is 30.8 Å². The Balaban J connectivity index is 1.73. The van der Waals surface area contributed by atoms with Crippen molar-refractivity contribution in [3.8, 4) is 0 Å². The first-order chi connectivity index (χ1) is 9.20. The van der Waals surface area contributed by atoms with Crippen molar-refractivity contribution in [3.05, 3.63) is 0 Å². The zero-order valence-electron chi connectivity index (χ0n) is 12.9. The molecule has 2 saturated carbocycles. The molecule has 3 unspecified atom stereocenters. The first-order valence-corrected chi connectivity index (χ1v) is 8.57.